The Balaban J connectivity index is 2.07. The van der Waals surface area contributed by atoms with Gasteiger partial charge in [-0.1, -0.05) is 36.4 Å². The lowest BCUT2D eigenvalue weighted by molar-refractivity contribution is -0.140. The SMILES string of the molecule is CNS(=O)(=O)OCC(=O)N(c1c(C)ccc2ccccc12)C1CCOC1=O. The lowest BCUT2D eigenvalue weighted by atomic mass is 10.0. The minimum absolute atomic E-state index is 0.201. The lowest BCUT2D eigenvalue weighted by Gasteiger charge is -2.29. The molecule has 0 radical (unpaired) electrons. The summed E-state index contributed by atoms with van der Waals surface area (Å²) in [6, 6.07) is 10.4. The van der Waals surface area contributed by atoms with Gasteiger partial charge in [-0.25, -0.2) is 8.98 Å². The van der Waals surface area contributed by atoms with Gasteiger partial charge in [0.05, 0.1) is 12.3 Å². The molecule has 8 nitrogen and oxygen atoms in total. The van der Waals surface area contributed by atoms with Gasteiger partial charge >= 0.3 is 16.3 Å². The Morgan fingerprint density at radius 3 is 2.70 bits per heavy atom. The van der Waals surface area contributed by atoms with Crippen LogP contribution < -0.4 is 9.62 Å². The predicted molar refractivity (Wildman–Crippen MR) is 99.5 cm³/mol. The number of nitrogens with zero attached hydrogens (tertiary/aromatic N) is 1. The number of rotatable bonds is 6. The summed E-state index contributed by atoms with van der Waals surface area (Å²) in [5.41, 5.74) is 1.32. The van der Waals surface area contributed by atoms with Crippen LogP contribution in [-0.4, -0.2) is 46.6 Å². The molecule has 27 heavy (non-hydrogen) atoms. The molecule has 0 spiro atoms. The molecule has 1 fully saturated rings. The minimum Gasteiger partial charge on any atom is -0.464 e. The summed E-state index contributed by atoms with van der Waals surface area (Å²) in [7, 11) is -2.85. The molecule has 144 valence electrons. The molecule has 2 aromatic rings. The van der Waals surface area contributed by atoms with Gasteiger partial charge in [0.2, 0.25) is 0 Å². The normalized spacial score (nSPS) is 17.1. The summed E-state index contributed by atoms with van der Waals surface area (Å²) >= 11 is 0. The number of aryl methyl sites for hydroxylation is 1. The Hall–Kier alpha value is -2.49. The van der Waals surface area contributed by atoms with Crippen LogP contribution in [0.25, 0.3) is 10.8 Å². The predicted octanol–water partition coefficient (Wildman–Crippen LogP) is 1.28. The second kappa shape index (κ2) is 7.63. The van der Waals surface area contributed by atoms with E-state index >= 15 is 0 Å². The van der Waals surface area contributed by atoms with Gasteiger partial charge in [0.25, 0.3) is 5.91 Å². The highest BCUT2D eigenvalue weighted by Gasteiger charge is 2.38. The maximum atomic E-state index is 12.9. The number of amides is 1. The lowest BCUT2D eigenvalue weighted by Crippen LogP contribution is -2.46. The molecule has 1 saturated heterocycles. The third kappa shape index (κ3) is 3.95. The molecule has 0 bridgehead atoms. The van der Waals surface area contributed by atoms with E-state index < -0.39 is 34.8 Å². The molecular weight excluding hydrogens is 372 g/mol. The number of anilines is 1. The van der Waals surface area contributed by atoms with Crippen LogP contribution in [0.15, 0.2) is 36.4 Å². The van der Waals surface area contributed by atoms with E-state index in [4.69, 9.17) is 8.92 Å². The van der Waals surface area contributed by atoms with Crippen molar-refractivity contribution in [1.82, 2.24) is 4.72 Å². The maximum absolute atomic E-state index is 12.9. The van der Waals surface area contributed by atoms with E-state index in [1.807, 2.05) is 48.0 Å². The number of hydrogen-bond donors (Lipinski definition) is 1. The summed E-state index contributed by atoms with van der Waals surface area (Å²) in [5.74, 6) is -1.16. The molecule has 3 rings (SSSR count). The zero-order valence-corrected chi connectivity index (χ0v) is 15.8. The third-order valence-electron chi connectivity index (χ3n) is 4.42. The summed E-state index contributed by atoms with van der Waals surface area (Å²) in [6.45, 7) is 1.30. The first kappa shape index (κ1) is 19.3. The Kier molecular flexibility index (Phi) is 5.45. The first-order valence-electron chi connectivity index (χ1n) is 8.39. The maximum Gasteiger partial charge on any atom is 0.336 e. The third-order valence-corrected chi connectivity index (χ3v) is 5.35. The van der Waals surface area contributed by atoms with E-state index in [9.17, 15) is 18.0 Å². The van der Waals surface area contributed by atoms with E-state index in [0.717, 1.165) is 16.3 Å². The van der Waals surface area contributed by atoms with Gasteiger partial charge in [-0.3, -0.25) is 9.69 Å². The van der Waals surface area contributed by atoms with Crippen molar-refractivity contribution in [3.8, 4) is 0 Å². The number of benzene rings is 2. The molecule has 1 unspecified atom stereocenters. The number of cyclic esters (lactones) is 1. The topological polar surface area (TPSA) is 102 Å². The average molecular weight is 392 g/mol. The van der Waals surface area contributed by atoms with Crippen molar-refractivity contribution in [3.05, 3.63) is 42.0 Å². The number of carbonyl (C=O) groups excluding carboxylic acids is 2. The Bertz CT molecular complexity index is 989. The molecule has 1 aliphatic rings. The van der Waals surface area contributed by atoms with Gasteiger partial charge in [-0.2, -0.15) is 13.1 Å². The van der Waals surface area contributed by atoms with Crippen LogP contribution in [0.4, 0.5) is 5.69 Å². The van der Waals surface area contributed by atoms with Crippen LogP contribution in [0.2, 0.25) is 0 Å². The Morgan fingerprint density at radius 1 is 1.30 bits per heavy atom. The van der Waals surface area contributed by atoms with Crippen LogP contribution in [0, 0.1) is 6.92 Å². The minimum atomic E-state index is -4.03. The first-order chi connectivity index (χ1) is 12.8. The van der Waals surface area contributed by atoms with Gasteiger partial charge in [0.15, 0.2) is 0 Å². The van der Waals surface area contributed by atoms with Crippen molar-refractivity contribution >= 4 is 38.6 Å². The molecule has 0 saturated carbocycles. The van der Waals surface area contributed by atoms with E-state index in [-0.39, 0.29) is 6.61 Å². The standard InChI is InChI=1S/C18H20N2O6S/c1-12-7-8-13-5-3-4-6-14(13)17(12)20(15-9-10-25-18(15)22)16(21)11-26-27(23,24)19-2/h3-8,15,19H,9-11H2,1-2H3. The van der Waals surface area contributed by atoms with Crippen LogP contribution in [0.5, 0.6) is 0 Å². The fourth-order valence-corrected chi connectivity index (χ4v) is 3.49. The highest BCUT2D eigenvalue weighted by Crippen LogP contribution is 2.34. The molecule has 1 N–H and O–H groups in total. The molecule has 1 aliphatic heterocycles. The van der Waals surface area contributed by atoms with Crippen LogP contribution in [0.1, 0.15) is 12.0 Å². The average Bonchev–Trinajstić information content (AvgIpc) is 3.08. The summed E-state index contributed by atoms with van der Waals surface area (Å²) < 4.78 is 34.8. The van der Waals surface area contributed by atoms with Crippen molar-refractivity contribution < 1.29 is 26.9 Å². The molecular formula is C18H20N2O6S. The summed E-state index contributed by atoms with van der Waals surface area (Å²) in [5, 5.41) is 1.67. The molecule has 2 aromatic carbocycles. The van der Waals surface area contributed by atoms with Crippen LogP contribution in [-0.2, 0) is 28.8 Å². The zero-order chi connectivity index (χ0) is 19.6. The number of fused-ring (bicyclic) bond motifs is 1. The van der Waals surface area contributed by atoms with Gasteiger partial charge < -0.3 is 4.74 Å². The largest absolute Gasteiger partial charge is 0.464 e. The number of ether oxygens (including phenoxy) is 1. The van der Waals surface area contributed by atoms with Crippen molar-refractivity contribution in [1.29, 1.82) is 0 Å². The Morgan fingerprint density at radius 2 is 2.04 bits per heavy atom. The van der Waals surface area contributed by atoms with Gasteiger partial charge in [-0.05, 0) is 17.9 Å². The zero-order valence-electron chi connectivity index (χ0n) is 15.0. The smallest absolute Gasteiger partial charge is 0.336 e. The summed E-state index contributed by atoms with van der Waals surface area (Å²) in [4.78, 5) is 26.5. The van der Waals surface area contributed by atoms with Crippen molar-refractivity contribution in [2.75, 3.05) is 25.2 Å². The van der Waals surface area contributed by atoms with E-state index in [1.54, 1.807) is 0 Å². The van der Waals surface area contributed by atoms with E-state index in [1.165, 1.54) is 11.9 Å². The quantitative estimate of drug-likeness (QED) is 0.743. The molecule has 1 heterocycles. The molecule has 1 atom stereocenters. The fraction of sp³-hybridized carbons (Fsp3) is 0.333. The number of carbonyl (C=O) groups is 2. The van der Waals surface area contributed by atoms with Crippen LogP contribution >= 0.6 is 0 Å². The van der Waals surface area contributed by atoms with Gasteiger partial charge in [0.1, 0.15) is 12.6 Å². The van der Waals surface area contributed by atoms with Gasteiger partial charge in [0, 0.05) is 18.9 Å². The molecule has 0 aliphatic carbocycles. The highest BCUT2D eigenvalue weighted by molar-refractivity contribution is 7.84. The van der Waals surface area contributed by atoms with Gasteiger partial charge in [-0.15, -0.1) is 0 Å². The number of esters is 1. The highest BCUT2D eigenvalue weighted by atomic mass is 32.2. The first-order valence-corrected chi connectivity index (χ1v) is 9.80. The second-order valence-electron chi connectivity index (χ2n) is 6.11. The van der Waals surface area contributed by atoms with Crippen LogP contribution in [0.3, 0.4) is 0 Å². The Labute approximate surface area is 157 Å². The molecule has 0 aromatic heterocycles. The van der Waals surface area contributed by atoms with E-state index in [0.29, 0.717) is 12.1 Å². The number of nitrogens with one attached hydrogen (secondary N) is 1. The molecule has 1 amide bonds. The van der Waals surface area contributed by atoms with Crippen molar-refractivity contribution in [2.24, 2.45) is 0 Å². The second-order valence-corrected chi connectivity index (χ2v) is 7.66. The van der Waals surface area contributed by atoms with E-state index in [2.05, 4.69) is 0 Å². The fourth-order valence-electron chi connectivity index (χ4n) is 3.11. The number of hydrogen-bond acceptors (Lipinski definition) is 6. The van der Waals surface area contributed by atoms with Crippen molar-refractivity contribution in [2.45, 2.75) is 19.4 Å². The summed E-state index contributed by atoms with van der Waals surface area (Å²) in [6.07, 6.45) is 0.325. The monoisotopic (exact) mass is 392 g/mol. The van der Waals surface area contributed by atoms with Crippen molar-refractivity contribution in [3.63, 3.8) is 0 Å². The molecule has 9 heteroatoms.